The lowest BCUT2D eigenvalue weighted by molar-refractivity contribution is 0.198. The second-order valence-corrected chi connectivity index (χ2v) is 8.53. The number of fused-ring (bicyclic) bond motifs is 1. The highest BCUT2D eigenvalue weighted by molar-refractivity contribution is 6.30. The Balaban J connectivity index is 1.35. The minimum atomic E-state index is 0.426. The molecule has 1 saturated heterocycles. The van der Waals surface area contributed by atoms with Crippen molar-refractivity contribution in [2.24, 2.45) is 0 Å². The molecule has 1 aliphatic heterocycles. The van der Waals surface area contributed by atoms with Gasteiger partial charge in [-0.2, -0.15) is 0 Å². The van der Waals surface area contributed by atoms with Crippen LogP contribution < -0.4 is 4.74 Å². The van der Waals surface area contributed by atoms with Gasteiger partial charge >= 0.3 is 0 Å². The summed E-state index contributed by atoms with van der Waals surface area (Å²) in [5, 5.41) is 0.685. The Morgan fingerprint density at radius 2 is 1.97 bits per heavy atom. The second-order valence-electron chi connectivity index (χ2n) is 8.09. The van der Waals surface area contributed by atoms with Crippen molar-refractivity contribution < 1.29 is 4.74 Å². The number of likely N-dealkylation sites (tertiary alicyclic amines) is 1. The predicted molar refractivity (Wildman–Crippen MR) is 124 cm³/mol. The highest BCUT2D eigenvalue weighted by atomic mass is 35.5. The van der Waals surface area contributed by atoms with E-state index >= 15 is 0 Å². The van der Waals surface area contributed by atoms with Gasteiger partial charge in [0.05, 0.1) is 29.7 Å². The third-order valence-corrected chi connectivity index (χ3v) is 6.22. The number of hydrogen-bond acceptors (Lipinski definition) is 4. The van der Waals surface area contributed by atoms with Crippen molar-refractivity contribution in [3.63, 3.8) is 0 Å². The van der Waals surface area contributed by atoms with Crippen molar-refractivity contribution in [1.82, 2.24) is 19.3 Å². The van der Waals surface area contributed by atoms with E-state index in [4.69, 9.17) is 21.3 Å². The van der Waals surface area contributed by atoms with Crippen molar-refractivity contribution in [2.75, 3.05) is 20.2 Å². The van der Waals surface area contributed by atoms with Gasteiger partial charge in [0.2, 0.25) is 0 Å². The molecule has 0 saturated carbocycles. The Kier molecular flexibility index (Phi) is 5.62. The Morgan fingerprint density at radius 3 is 2.81 bits per heavy atom. The lowest BCUT2D eigenvalue weighted by atomic mass is 9.93. The van der Waals surface area contributed by atoms with E-state index in [2.05, 4.69) is 34.1 Å². The predicted octanol–water partition coefficient (Wildman–Crippen LogP) is 5.44. The van der Waals surface area contributed by atoms with Crippen LogP contribution in [0.25, 0.3) is 17.0 Å². The molecule has 5 nitrogen and oxygen atoms in total. The number of methoxy groups -OCH3 is 1. The Morgan fingerprint density at radius 1 is 1.10 bits per heavy atom. The van der Waals surface area contributed by atoms with Crippen LogP contribution in [0.2, 0.25) is 5.02 Å². The number of imidazole rings is 1. The van der Waals surface area contributed by atoms with E-state index in [-0.39, 0.29) is 0 Å². The minimum absolute atomic E-state index is 0.426. The third-order valence-electron chi connectivity index (χ3n) is 5.99. The lowest BCUT2D eigenvalue weighted by Gasteiger charge is -2.32. The number of halogens is 1. The van der Waals surface area contributed by atoms with Gasteiger partial charge in [-0.05, 0) is 61.3 Å². The first-order chi connectivity index (χ1) is 15.2. The molecule has 1 unspecified atom stereocenters. The topological polar surface area (TPSA) is 42.7 Å². The van der Waals surface area contributed by atoms with Crippen LogP contribution in [0.5, 0.6) is 5.75 Å². The number of ether oxygens (including phenoxy) is 1. The van der Waals surface area contributed by atoms with E-state index < -0.39 is 0 Å². The van der Waals surface area contributed by atoms with Crippen LogP contribution in [0.3, 0.4) is 0 Å². The molecule has 1 aliphatic rings. The van der Waals surface area contributed by atoms with E-state index in [0.29, 0.717) is 10.9 Å². The second kappa shape index (κ2) is 8.69. The summed E-state index contributed by atoms with van der Waals surface area (Å²) < 4.78 is 7.28. The van der Waals surface area contributed by atoms with Crippen molar-refractivity contribution >= 4 is 17.2 Å². The quantitative estimate of drug-likeness (QED) is 0.421. The van der Waals surface area contributed by atoms with Crippen molar-refractivity contribution in [2.45, 2.75) is 25.3 Å². The normalized spacial score (nSPS) is 17.2. The van der Waals surface area contributed by atoms with Gasteiger partial charge in [0.1, 0.15) is 11.4 Å². The molecule has 0 radical (unpaired) electrons. The minimum Gasteiger partial charge on any atom is -0.497 e. The molecule has 4 aromatic rings. The Labute approximate surface area is 187 Å². The van der Waals surface area contributed by atoms with Gasteiger partial charge in [0.25, 0.3) is 0 Å². The van der Waals surface area contributed by atoms with Gasteiger partial charge in [0, 0.05) is 30.9 Å². The van der Waals surface area contributed by atoms with Gasteiger partial charge in [-0.15, -0.1) is 0 Å². The monoisotopic (exact) mass is 432 g/mol. The van der Waals surface area contributed by atoms with E-state index in [9.17, 15) is 0 Å². The summed E-state index contributed by atoms with van der Waals surface area (Å²) in [4.78, 5) is 12.1. The molecular formula is C25H25ClN4O. The van der Waals surface area contributed by atoms with E-state index in [1.54, 1.807) is 7.11 Å². The fraction of sp³-hybridized carbons (Fsp3) is 0.280. The summed E-state index contributed by atoms with van der Waals surface area (Å²) >= 11 is 6.21. The van der Waals surface area contributed by atoms with Gasteiger partial charge in [-0.25, -0.2) is 4.98 Å². The summed E-state index contributed by atoms with van der Waals surface area (Å²) in [6, 6.07) is 18.4. The molecule has 158 valence electrons. The van der Waals surface area contributed by atoms with Crippen LogP contribution in [0.1, 0.15) is 30.0 Å². The molecule has 1 atom stereocenters. The van der Waals surface area contributed by atoms with Crippen molar-refractivity contribution in [3.8, 4) is 17.1 Å². The molecular weight excluding hydrogens is 408 g/mol. The summed E-state index contributed by atoms with van der Waals surface area (Å²) in [7, 11) is 1.70. The van der Waals surface area contributed by atoms with E-state index in [1.807, 2.05) is 47.1 Å². The molecule has 0 bridgehead atoms. The number of nitrogens with zero attached hydrogens (tertiary/aromatic N) is 4. The SMILES string of the molecule is COc1ccc(CN2CCCC(c3cccc(-c4cnc5ccc(Cl)cn45)n3)C2)cc1. The zero-order valence-electron chi connectivity index (χ0n) is 17.5. The summed E-state index contributed by atoms with van der Waals surface area (Å²) in [5.74, 6) is 1.32. The summed E-state index contributed by atoms with van der Waals surface area (Å²) in [6.07, 6.45) is 6.10. The van der Waals surface area contributed by atoms with E-state index in [0.717, 1.165) is 54.5 Å². The molecule has 3 aromatic heterocycles. The lowest BCUT2D eigenvalue weighted by Crippen LogP contribution is -2.34. The van der Waals surface area contributed by atoms with Crippen LogP contribution >= 0.6 is 11.6 Å². The largest absolute Gasteiger partial charge is 0.497 e. The highest BCUT2D eigenvalue weighted by Gasteiger charge is 2.23. The van der Waals surface area contributed by atoms with Gasteiger partial charge in [-0.1, -0.05) is 29.8 Å². The maximum Gasteiger partial charge on any atom is 0.137 e. The first-order valence-corrected chi connectivity index (χ1v) is 11.0. The Bertz CT molecular complexity index is 1190. The smallest absolute Gasteiger partial charge is 0.137 e. The highest BCUT2D eigenvalue weighted by Crippen LogP contribution is 2.29. The average molecular weight is 433 g/mol. The van der Waals surface area contributed by atoms with Crippen LogP contribution in [-0.4, -0.2) is 39.5 Å². The van der Waals surface area contributed by atoms with Crippen LogP contribution in [0.15, 0.2) is 67.0 Å². The van der Waals surface area contributed by atoms with E-state index in [1.165, 1.54) is 12.0 Å². The number of rotatable bonds is 5. The number of pyridine rings is 2. The van der Waals surface area contributed by atoms with Gasteiger partial charge in [0.15, 0.2) is 0 Å². The molecule has 0 aliphatic carbocycles. The molecule has 0 amide bonds. The number of piperidine rings is 1. The third kappa shape index (κ3) is 4.29. The van der Waals surface area contributed by atoms with Gasteiger partial charge in [-0.3, -0.25) is 14.3 Å². The molecule has 0 N–H and O–H groups in total. The number of benzene rings is 1. The van der Waals surface area contributed by atoms with Crippen molar-refractivity contribution in [1.29, 1.82) is 0 Å². The van der Waals surface area contributed by atoms with Crippen LogP contribution in [0, 0.1) is 0 Å². The number of aromatic nitrogens is 3. The van der Waals surface area contributed by atoms with Crippen LogP contribution in [-0.2, 0) is 6.54 Å². The zero-order chi connectivity index (χ0) is 21.2. The molecule has 5 rings (SSSR count). The zero-order valence-corrected chi connectivity index (χ0v) is 18.3. The molecule has 6 heteroatoms. The fourth-order valence-electron chi connectivity index (χ4n) is 4.40. The Hall–Kier alpha value is -2.89. The van der Waals surface area contributed by atoms with Crippen LogP contribution in [0.4, 0.5) is 0 Å². The maximum absolute atomic E-state index is 6.21. The first-order valence-electron chi connectivity index (χ1n) is 10.6. The molecule has 1 aromatic carbocycles. The molecule has 31 heavy (non-hydrogen) atoms. The fourth-order valence-corrected chi connectivity index (χ4v) is 4.56. The maximum atomic E-state index is 6.21. The summed E-state index contributed by atoms with van der Waals surface area (Å²) in [5.41, 5.74) is 5.22. The standard InChI is InChI=1S/C25H25ClN4O/c1-31-21-10-7-18(8-11-21)15-29-13-3-4-19(16-29)22-5-2-6-23(28-22)24-14-27-25-12-9-20(26)17-30(24)25/h2,5-12,14,17,19H,3-4,13,15-16H2,1H3. The summed E-state index contributed by atoms with van der Waals surface area (Å²) in [6.45, 7) is 3.08. The first kappa shape index (κ1) is 20.0. The molecule has 4 heterocycles. The number of hydrogen-bond donors (Lipinski definition) is 0. The molecule has 0 spiro atoms. The van der Waals surface area contributed by atoms with Gasteiger partial charge < -0.3 is 4.74 Å². The van der Waals surface area contributed by atoms with Crippen molar-refractivity contribution in [3.05, 3.63) is 83.3 Å². The average Bonchev–Trinajstić information content (AvgIpc) is 3.23. The molecule has 1 fully saturated rings.